The maximum Gasteiger partial charge on any atom is 0.317 e. The van der Waals surface area contributed by atoms with Gasteiger partial charge in [0.05, 0.1) is 0 Å². The standard InChI is InChI=1S/C17H28N2O/c1-3-5-14-19(15-6-4-2)17(20)18-13-12-16-10-8-7-9-11-16/h7-11H,3-6,12-15H2,1-2H3,(H,18,20). The number of amides is 2. The Morgan fingerprint density at radius 3 is 2.20 bits per heavy atom. The summed E-state index contributed by atoms with van der Waals surface area (Å²) < 4.78 is 0. The van der Waals surface area contributed by atoms with E-state index < -0.39 is 0 Å². The molecule has 0 fully saturated rings. The second-order valence-electron chi connectivity index (χ2n) is 5.16. The second kappa shape index (κ2) is 10.3. The van der Waals surface area contributed by atoms with E-state index >= 15 is 0 Å². The largest absolute Gasteiger partial charge is 0.338 e. The van der Waals surface area contributed by atoms with Crippen LogP contribution >= 0.6 is 0 Å². The minimum atomic E-state index is 0.0860. The molecule has 1 rings (SSSR count). The molecule has 0 saturated heterocycles. The Hall–Kier alpha value is -1.51. The van der Waals surface area contributed by atoms with Crippen LogP contribution < -0.4 is 5.32 Å². The number of carbonyl (C=O) groups is 1. The lowest BCUT2D eigenvalue weighted by molar-refractivity contribution is 0.196. The van der Waals surface area contributed by atoms with E-state index in [0.29, 0.717) is 6.54 Å². The first kappa shape index (κ1) is 16.5. The average molecular weight is 276 g/mol. The molecule has 1 aromatic rings. The molecule has 0 unspecified atom stereocenters. The van der Waals surface area contributed by atoms with E-state index in [-0.39, 0.29) is 6.03 Å². The summed E-state index contributed by atoms with van der Waals surface area (Å²) in [6.45, 7) is 6.76. The fourth-order valence-electron chi connectivity index (χ4n) is 2.08. The molecule has 1 aromatic carbocycles. The van der Waals surface area contributed by atoms with Crippen LogP contribution in [-0.4, -0.2) is 30.6 Å². The summed E-state index contributed by atoms with van der Waals surface area (Å²) in [5.41, 5.74) is 1.27. The van der Waals surface area contributed by atoms with Crippen LogP contribution in [0.3, 0.4) is 0 Å². The van der Waals surface area contributed by atoms with Crippen molar-refractivity contribution in [3.05, 3.63) is 35.9 Å². The minimum Gasteiger partial charge on any atom is -0.338 e. The van der Waals surface area contributed by atoms with Gasteiger partial charge < -0.3 is 10.2 Å². The highest BCUT2D eigenvalue weighted by molar-refractivity contribution is 5.74. The molecule has 0 spiro atoms. The summed E-state index contributed by atoms with van der Waals surface area (Å²) in [6, 6.07) is 10.4. The molecule has 3 nitrogen and oxygen atoms in total. The van der Waals surface area contributed by atoms with Crippen LogP contribution in [0.4, 0.5) is 4.79 Å². The Kier molecular flexibility index (Phi) is 8.52. The lowest BCUT2D eigenvalue weighted by Crippen LogP contribution is -2.41. The van der Waals surface area contributed by atoms with E-state index in [1.165, 1.54) is 5.56 Å². The number of nitrogens with zero attached hydrogens (tertiary/aromatic N) is 1. The van der Waals surface area contributed by atoms with E-state index in [9.17, 15) is 4.79 Å². The van der Waals surface area contributed by atoms with Gasteiger partial charge in [0.1, 0.15) is 0 Å². The van der Waals surface area contributed by atoms with Crippen molar-refractivity contribution in [2.45, 2.75) is 46.0 Å². The zero-order valence-electron chi connectivity index (χ0n) is 12.9. The van der Waals surface area contributed by atoms with E-state index in [0.717, 1.165) is 45.2 Å². The summed E-state index contributed by atoms with van der Waals surface area (Å²) in [5.74, 6) is 0. The van der Waals surface area contributed by atoms with Crippen molar-refractivity contribution in [2.75, 3.05) is 19.6 Å². The van der Waals surface area contributed by atoms with Gasteiger partial charge in [0, 0.05) is 19.6 Å². The highest BCUT2D eigenvalue weighted by Gasteiger charge is 2.11. The van der Waals surface area contributed by atoms with Crippen LogP contribution in [0.5, 0.6) is 0 Å². The molecular formula is C17H28N2O. The summed E-state index contributed by atoms with van der Waals surface area (Å²) in [5, 5.41) is 3.04. The van der Waals surface area contributed by atoms with Gasteiger partial charge in [-0.25, -0.2) is 4.79 Å². The van der Waals surface area contributed by atoms with Gasteiger partial charge in [-0.2, -0.15) is 0 Å². The lowest BCUT2D eigenvalue weighted by Gasteiger charge is -2.22. The van der Waals surface area contributed by atoms with Crippen LogP contribution in [0.25, 0.3) is 0 Å². The molecule has 0 aliphatic carbocycles. The number of rotatable bonds is 9. The fourth-order valence-corrected chi connectivity index (χ4v) is 2.08. The normalized spacial score (nSPS) is 10.3. The SMILES string of the molecule is CCCCN(CCCC)C(=O)NCCc1ccccc1. The molecule has 3 heteroatoms. The molecule has 0 saturated carbocycles. The van der Waals surface area contributed by atoms with Gasteiger partial charge in [0.25, 0.3) is 0 Å². The Morgan fingerprint density at radius 2 is 1.65 bits per heavy atom. The third-order valence-corrected chi connectivity index (χ3v) is 3.38. The van der Waals surface area contributed by atoms with Crippen molar-refractivity contribution >= 4 is 6.03 Å². The third kappa shape index (κ3) is 6.60. The van der Waals surface area contributed by atoms with Crippen molar-refractivity contribution in [2.24, 2.45) is 0 Å². The summed E-state index contributed by atoms with van der Waals surface area (Å²) in [4.78, 5) is 14.1. The Bertz CT molecular complexity index is 357. The number of hydrogen-bond acceptors (Lipinski definition) is 1. The molecule has 0 atom stereocenters. The van der Waals surface area contributed by atoms with Gasteiger partial charge in [0.15, 0.2) is 0 Å². The fraction of sp³-hybridized carbons (Fsp3) is 0.588. The average Bonchev–Trinajstić information content (AvgIpc) is 2.48. The van der Waals surface area contributed by atoms with Crippen molar-refractivity contribution in [3.8, 4) is 0 Å². The molecule has 0 bridgehead atoms. The van der Waals surface area contributed by atoms with Crippen LogP contribution in [0.2, 0.25) is 0 Å². The maximum absolute atomic E-state index is 12.2. The van der Waals surface area contributed by atoms with Crippen LogP contribution in [-0.2, 0) is 6.42 Å². The quantitative estimate of drug-likeness (QED) is 0.730. The Morgan fingerprint density at radius 1 is 1.05 bits per heavy atom. The molecule has 0 radical (unpaired) electrons. The van der Waals surface area contributed by atoms with Gasteiger partial charge in [0.2, 0.25) is 0 Å². The molecule has 0 heterocycles. The number of benzene rings is 1. The van der Waals surface area contributed by atoms with Crippen molar-refractivity contribution in [3.63, 3.8) is 0 Å². The topological polar surface area (TPSA) is 32.3 Å². The molecule has 1 N–H and O–H groups in total. The third-order valence-electron chi connectivity index (χ3n) is 3.38. The van der Waals surface area contributed by atoms with Gasteiger partial charge in [-0.1, -0.05) is 57.0 Å². The van der Waals surface area contributed by atoms with E-state index in [4.69, 9.17) is 0 Å². The molecule has 0 aliphatic rings. The number of unbranched alkanes of at least 4 members (excludes halogenated alkanes) is 2. The summed E-state index contributed by atoms with van der Waals surface area (Å²) >= 11 is 0. The first-order valence-electron chi connectivity index (χ1n) is 7.84. The maximum atomic E-state index is 12.2. The zero-order valence-corrected chi connectivity index (χ0v) is 12.9. The van der Waals surface area contributed by atoms with E-state index in [1.807, 2.05) is 23.1 Å². The van der Waals surface area contributed by atoms with Crippen LogP contribution in [0.1, 0.15) is 45.1 Å². The van der Waals surface area contributed by atoms with Crippen molar-refractivity contribution < 1.29 is 4.79 Å². The Balaban J connectivity index is 2.32. The van der Waals surface area contributed by atoms with Crippen molar-refractivity contribution in [1.29, 1.82) is 0 Å². The van der Waals surface area contributed by atoms with E-state index in [1.54, 1.807) is 0 Å². The molecular weight excluding hydrogens is 248 g/mol. The molecule has 0 aliphatic heterocycles. The van der Waals surface area contributed by atoms with Gasteiger partial charge in [-0.3, -0.25) is 0 Å². The first-order chi connectivity index (χ1) is 9.77. The minimum absolute atomic E-state index is 0.0860. The smallest absolute Gasteiger partial charge is 0.317 e. The van der Waals surface area contributed by atoms with Gasteiger partial charge in [-0.05, 0) is 24.8 Å². The Labute approximate surface area is 123 Å². The number of nitrogens with one attached hydrogen (secondary N) is 1. The summed E-state index contributed by atoms with van der Waals surface area (Å²) in [7, 11) is 0. The zero-order chi connectivity index (χ0) is 14.6. The van der Waals surface area contributed by atoms with Gasteiger partial charge in [-0.15, -0.1) is 0 Å². The molecule has 2 amide bonds. The number of hydrogen-bond donors (Lipinski definition) is 1. The number of urea groups is 1. The predicted molar refractivity (Wildman–Crippen MR) is 84.9 cm³/mol. The second-order valence-corrected chi connectivity index (χ2v) is 5.16. The lowest BCUT2D eigenvalue weighted by atomic mass is 10.1. The van der Waals surface area contributed by atoms with Crippen molar-refractivity contribution in [1.82, 2.24) is 10.2 Å². The molecule has 20 heavy (non-hydrogen) atoms. The van der Waals surface area contributed by atoms with Crippen LogP contribution in [0.15, 0.2) is 30.3 Å². The highest BCUT2D eigenvalue weighted by atomic mass is 16.2. The molecule has 112 valence electrons. The van der Waals surface area contributed by atoms with E-state index in [2.05, 4.69) is 31.3 Å². The summed E-state index contributed by atoms with van der Waals surface area (Å²) in [6.07, 6.45) is 5.30. The predicted octanol–water partition coefficient (Wildman–Crippen LogP) is 3.84. The number of carbonyl (C=O) groups excluding carboxylic acids is 1. The van der Waals surface area contributed by atoms with Crippen LogP contribution in [0, 0.1) is 0 Å². The molecule has 0 aromatic heterocycles. The first-order valence-corrected chi connectivity index (χ1v) is 7.84. The van der Waals surface area contributed by atoms with Gasteiger partial charge >= 0.3 is 6.03 Å². The highest BCUT2D eigenvalue weighted by Crippen LogP contribution is 2.01. The monoisotopic (exact) mass is 276 g/mol.